The summed E-state index contributed by atoms with van der Waals surface area (Å²) >= 11 is 0. The minimum absolute atomic E-state index is 0.124. The predicted octanol–water partition coefficient (Wildman–Crippen LogP) is 1.68. The third-order valence-electron chi connectivity index (χ3n) is 5.75. The molecule has 0 radical (unpaired) electrons. The van der Waals surface area contributed by atoms with Gasteiger partial charge in [0, 0.05) is 17.4 Å². The van der Waals surface area contributed by atoms with Gasteiger partial charge in [-0.3, -0.25) is 0 Å². The first kappa shape index (κ1) is 13.4. The fourth-order valence-electron chi connectivity index (χ4n) is 4.85. The third-order valence-corrected chi connectivity index (χ3v) is 6.78. The Bertz CT molecular complexity index is 700. The number of primary sulfonamides is 1. The van der Waals surface area contributed by atoms with Gasteiger partial charge in [-0.25, -0.2) is 13.6 Å². The van der Waals surface area contributed by atoms with E-state index in [2.05, 4.69) is 5.32 Å². The van der Waals surface area contributed by atoms with Crippen molar-refractivity contribution < 1.29 is 8.42 Å². The molecule has 4 unspecified atom stereocenters. The summed E-state index contributed by atoms with van der Waals surface area (Å²) in [6, 6.07) is 3.75. The SMILES string of the molecule is Cc1c(NC2C3C4CCC(C4)C23)cc(N)cc1S(N)(=O)=O. The van der Waals surface area contributed by atoms with Crippen molar-refractivity contribution in [1.82, 2.24) is 0 Å². The van der Waals surface area contributed by atoms with E-state index in [1.807, 2.05) is 6.07 Å². The molecule has 114 valence electrons. The molecule has 5 N–H and O–H groups in total. The Morgan fingerprint density at radius 2 is 1.81 bits per heavy atom. The summed E-state index contributed by atoms with van der Waals surface area (Å²) in [5.74, 6) is 3.30. The number of sulfonamides is 1. The summed E-state index contributed by atoms with van der Waals surface area (Å²) in [4.78, 5) is 0.124. The first-order chi connectivity index (χ1) is 9.86. The van der Waals surface area contributed by atoms with E-state index in [0.29, 0.717) is 17.3 Å². The quantitative estimate of drug-likeness (QED) is 0.740. The normalized spacial score (nSPS) is 36.6. The zero-order valence-corrected chi connectivity index (χ0v) is 12.9. The Morgan fingerprint density at radius 1 is 1.19 bits per heavy atom. The van der Waals surface area contributed by atoms with Gasteiger partial charge in [-0.05, 0) is 67.6 Å². The van der Waals surface area contributed by atoms with E-state index in [-0.39, 0.29) is 4.90 Å². The van der Waals surface area contributed by atoms with Crippen LogP contribution in [0.3, 0.4) is 0 Å². The fraction of sp³-hybridized carbons (Fsp3) is 0.600. The number of fused-ring (bicyclic) bond motifs is 5. The summed E-state index contributed by atoms with van der Waals surface area (Å²) in [6.45, 7) is 1.79. The van der Waals surface area contributed by atoms with Crippen LogP contribution in [-0.4, -0.2) is 14.5 Å². The second kappa shape index (κ2) is 4.14. The van der Waals surface area contributed by atoms with Gasteiger partial charge in [-0.15, -0.1) is 0 Å². The number of hydrogen-bond donors (Lipinski definition) is 3. The molecule has 4 rings (SSSR count). The Labute approximate surface area is 125 Å². The van der Waals surface area contributed by atoms with Crippen LogP contribution in [0.1, 0.15) is 24.8 Å². The molecule has 0 amide bonds. The fourth-order valence-corrected chi connectivity index (χ4v) is 5.69. The molecule has 3 aliphatic rings. The lowest BCUT2D eigenvalue weighted by atomic mass is 10.0. The maximum atomic E-state index is 11.7. The molecule has 3 saturated carbocycles. The smallest absolute Gasteiger partial charge is 0.238 e. The highest BCUT2D eigenvalue weighted by Crippen LogP contribution is 2.66. The van der Waals surface area contributed by atoms with Crippen LogP contribution in [0.15, 0.2) is 17.0 Å². The van der Waals surface area contributed by atoms with Crippen LogP contribution in [0.25, 0.3) is 0 Å². The molecule has 1 aromatic carbocycles. The van der Waals surface area contributed by atoms with Crippen molar-refractivity contribution >= 4 is 21.4 Å². The minimum Gasteiger partial charge on any atom is -0.399 e. The van der Waals surface area contributed by atoms with Gasteiger partial charge in [0.15, 0.2) is 0 Å². The van der Waals surface area contributed by atoms with Crippen LogP contribution in [0, 0.1) is 30.6 Å². The van der Waals surface area contributed by atoms with Gasteiger partial charge in [0.25, 0.3) is 0 Å². The van der Waals surface area contributed by atoms with Crippen LogP contribution < -0.4 is 16.2 Å². The van der Waals surface area contributed by atoms with E-state index >= 15 is 0 Å². The van der Waals surface area contributed by atoms with Crippen LogP contribution in [0.5, 0.6) is 0 Å². The number of hydrogen-bond acceptors (Lipinski definition) is 4. The molecule has 1 aromatic rings. The van der Waals surface area contributed by atoms with Crippen molar-refractivity contribution in [2.24, 2.45) is 28.8 Å². The predicted molar refractivity (Wildman–Crippen MR) is 82.2 cm³/mol. The van der Waals surface area contributed by atoms with E-state index in [1.165, 1.54) is 25.3 Å². The molecular formula is C15H21N3O2S. The van der Waals surface area contributed by atoms with Crippen molar-refractivity contribution in [3.63, 3.8) is 0 Å². The molecule has 6 heteroatoms. The molecule has 0 saturated heterocycles. The summed E-state index contributed by atoms with van der Waals surface area (Å²) in [5, 5.41) is 8.82. The van der Waals surface area contributed by atoms with Gasteiger partial charge in [0.2, 0.25) is 10.0 Å². The zero-order valence-electron chi connectivity index (χ0n) is 12.0. The third kappa shape index (κ3) is 1.96. The minimum atomic E-state index is -3.74. The maximum Gasteiger partial charge on any atom is 0.238 e. The lowest BCUT2D eigenvalue weighted by Crippen LogP contribution is -2.17. The maximum absolute atomic E-state index is 11.7. The Kier molecular flexibility index (Phi) is 2.64. The second-order valence-corrected chi connectivity index (χ2v) is 8.42. The van der Waals surface area contributed by atoms with Crippen LogP contribution in [-0.2, 0) is 10.0 Å². The lowest BCUT2D eigenvalue weighted by molar-refractivity contribution is 0.456. The summed E-state index contributed by atoms with van der Waals surface area (Å²) < 4.78 is 23.3. The number of nitrogens with one attached hydrogen (secondary N) is 1. The summed E-state index contributed by atoms with van der Waals surface area (Å²) in [6.07, 6.45) is 4.12. The molecule has 4 atom stereocenters. The van der Waals surface area contributed by atoms with E-state index in [9.17, 15) is 8.42 Å². The summed E-state index contributed by atoms with van der Waals surface area (Å²) in [5.41, 5.74) is 7.76. The molecule has 0 spiro atoms. The topological polar surface area (TPSA) is 98.2 Å². The molecule has 2 bridgehead atoms. The lowest BCUT2D eigenvalue weighted by Gasteiger charge is -2.16. The van der Waals surface area contributed by atoms with E-state index < -0.39 is 10.0 Å². The highest BCUT2D eigenvalue weighted by atomic mass is 32.2. The number of anilines is 2. The number of nitrogen functional groups attached to an aromatic ring is 1. The van der Waals surface area contributed by atoms with Crippen LogP contribution in [0.4, 0.5) is 11.4 Å². The molecule has 0 aromatic heterocycles. The van der Waals surface area contributed by atoms with Crippen molar-refractivity contribution in [3.8, 4) is 0 Å². The first-order valence-electron chi connectivity index (χ1n) is 7.55. The highest BCUT2D eigenvalue weighted by Gasteiger charge is 2.65. The van der Waals surface area contributed by atoms with Gasteiger partial charge in [0.1, 0.15) is 0 Å². The molecule has 0 heterocycles. The Morgan fingerprint density at radius 3 is 2.38 bits per heavy atom. The molecular weight excluding hydrogens is 286 g/mol. The largest absolute Gasteiger partial charge is 0.399 e. The molecule has 3 aliphatic carbocycles. The van der Waals surface area contributed by atoms with Gasteiger partial charge in [-0.1, -0.05) is 0 Å². The van der Waals surface area contributed by atoms with E-state index in [4.69, 9.17) is 10.9 Å². The van der Waals surface area contributed by atoms with E-state index in [0.717, 1.165) is 29.4 Å². The molecule has 0 aliphatic heterocycles. The monoisotopic (exact) mass is 307 g/mol. The first-order valence-corrected chi connectivity index (χ1v) is 9.10. The Balaban J connectivity index is 1.63. The van der Waals surface area contributed by atoms with Gasteiger partial charge in [-0.2, -0.15) is 0 Å². The number of benzene rings is 1. The van der Waals surface area contributed by atoms with Crippen molar-refractivity contribution in [3.05, 3.63) is 17.7 Å². The van der Waals surface area contributed by atoms with Gasteiger partial charge >= 0.3 is 0 Å². The average molecular weight is 307 g/mol. The van der Waals surface area contributed by atoms with Crippen LogP contribution >= 0.6 is 0 Å². The standard InChI is InChI=1S/C15H21N3O2S/c1-7-11(5-10(16)6-12(7)21(17,19)20)18-15-13-8-2-3-9(4-8)14(13)15/h5-6,8-9,13-15,18H,2-4,16H2,1H3,(H2,17,19,20). The molecule has 3 fully saturated rings. The zero-order chi connectivity index (χ0) is 14.9. The number of nitrogens with two attached hydrogens (primary N) is 2. The molecule has 21 heavy (non-hydrogen) atoms. The van der Waals surface area contributed by atoms with Gasteiger partial charge in [0.05, 0.1) is 4.90 Å². The number of rotatable bonds is 3. The highest BCUT2D eigenvalue weighted by molar-refractivity contribution is 7.89. The molecule has 5 nitrogen and oxygen atoms in total. The van der Waals surface area contributed by atoms with Crippen LogP contribution in [0.2, 0.25) is 0 Å². The second-order valence-electron chi connectivity index (χ2n) is 6.89. The van der Waals surface area contributed by atoms with Crippen molar-refractivity contribution in [1.29, 1.82) is 0 Å². The van der Waals surface area contributed by atoms with Gasteiger partial charge < -0.3 is 11.1 Å². The van der Waals surface area contributed by atoms with Crippen molar-refractivity contribution in [2.45, 2.75) is 37.1 Å². The van der Waals surface area contributed by atoms with E-state index in [1.54, 1.807) is 6.92 Å². The average Bonchev–Trinajstić information content (AvgIpc) is 2.80. The Hall–Kier alpha value is -1.27. The van der Waals surface area contributed by atoms with Crippen molar-refractivity contribution in [2.75, 3.05) is 11.1 Å². The summed E-state index contributed by atoms with van der Waals surface area (Å²) in [7, 11) is -3.74.